The molecular weight excluding hydrogens is 663 g/mol. The molecule has 0 saturated carbocycles. The summed E-state index contributed by atoms with van der Waals surface area (Å²) in [5, 5.41) is 0.546. The Labute approximate surface area is 253 Å². The molecule has 0 unspecified atom stereocenters. The lowest BCUT2D eigenvalue weighted by Gasteiger charge is -2.25. The highest BCUT2D eigenvalue weighted by atomic mass is 127. The van der Waals surface area contributed by atoms with E-state index in [9.17, 15) is 9.59 Å². The number of esters is 1. The molecule has 0 spiro atoms. The van der Waals surface area contributed by atoms with Crippen molar-refractivity contribution in [1.29, 1.82) is 0 Å². The number of carbonyl (C=O) groups excluding carboxylic acids is 1. The number of hydrogen-bond acceptors (Lipinski definition) is 7. The third kappa shape index (κ3) is 5.33. The zero-order valence-electron chi connectivity index (χ0n) is 21.8. The molecule has 1 aliphatic heterocycles. The number of nitrogens with zero attached hydrogens (tertiary/aromatic N) is 2. The van der Waals surface area contributed by atoms with Crippen LogP contribution in [0.1, 0.15) is 29.7 Å². The molecule has 0 fully saturated rings. The first-order valence-electron chi connectivity index (χ1n) is 12.3. The molecule has 1 aromatic heterocycles. The van der Waals surface area contributed by atoms with Gasteiger partial charge in [0.2, 0.25) is 0 Å². The van der Waals surface area contributed by atoms with E-state index in [0.717, 1.165) is 14.7 Å². The van der Waals surface area contributed by atoms with Gasteiger partial charge in [0.25, 0.3) is 5.56 Å². The van der Waals surface area contributed by atoms with E-state index in [2.05, 4.69) is 22.6 Å². The number of halogens is 2. The Kier molecular flexibility index (Phi) is 8.43. The highest BCUT2D eigenvalue weighted by Crippen LogP contribution is 2.36. The van der Waals surface area contributed by atoms with Crippen LogP contribution in [0.5, 0.6) is 11.5 Å². The molecule has 3 aromatic carbocycles. The molecule has 5 rings (SSSR count). The van der Waals surface area contributed by atoms with Crippen LogP contribution in [-0.2, 0) is 9.53 Å². The topological polar surface area (TPSA) is 79.1 Å². The van der Waals surface area contributed by atoms with Gasteiger partial charge in [-0.25, -0.2) is 9.79 Å². The SMILES string of the molecule is CCOC(=O)C1=C(c2ccccc2)N=c2s/c(=C\c3cc(I)c(OC)c(OC)c3)c(=O)n2[C@@H]1c1ccc(Cl)cc1. The Bertz CT molecular complexity index is 1800. The summed E-state index contributed by atoms with van der Waals surface area (Å²) in [5.41, 5.74) is 2.70. The Morgan fingerprint density at radius 3 is 2.48 bits per heavy atom. The van der Waals surface area contributed by atoms with Crippen LogP contribution in [0.15, 0.2) is 82.1 Å². The Hall–Kier alpha value is -3.41. The number of rotatable bonds is 7. The van der Waals surface area contributed by atoms with Crippen LogP contribution >= 0.6 is 45.5 Å². The number of thiazole rings is 1. The highest BCUT2D eigenvalue weighted by molar-refractivity contribution is 14.1. The van der Waals surface area contributed by atoms with E-state index in [1.807, 2.05) is 54.6 Å². The summed E-state index contributed by atoms with van der Waals surface area (Å²) >= 11 is 9.62. The van der Waals surface area contributed by atoms with Gasteiger partial charge in [-0.2, -0.15) is 0 Å². The number of ether oxygens (including phenoxy) is 3. The van der Waals surface area contributed by atoms with Crippen molar-refractivity contribution in [2.75, 3.05) is 20.8 Å². The van der Waals surface area contributed by atoms with E-state index in [4.69, 9.17) is 30.8 Å². The van der Waals surface area contributed by atoms with Crippen molar-refractivity contribution in [3.8, 4) is 11.5 Å². The standard InChI is InChI=1S/C30H24ClIN2O5S/c1-4-39-29(36)24-25(18-8-6-5-7-9-18)33-30-34(26(24)19-10-12-20(31)13-11-19)28(35)23(40-30)16-17-14-21(32)27(38-3)22(15-17)37-2/h5-16,26H,4H2,1-3H3/b23-16-/t26-/m1/s1. The zero-order valence-corrected chi connectivity index (χ0v) is 25.5. The predicted molar refractivity (Wildman–Crippen MR) is 165 cm³/mol. The second-order valence-electron chi connectivity index (χ2n) is 8.72. The fourth-order valence-corrected chi connectivity index (χ4v) is 6.55. The highest BCUT2D eigenvalue weighted by Gasteiger charge is 2.35. The van der Waals surface area contributed by atoms with Gasteiger partial charge in [-0.05, 0) is 71.0 Å². The maximum absolute atomic E-state index is 14.0. The van der Waals surface area contributed by atoms with Crippen LogP contribution in [0.2, 0.25) is 5.02 Å². The molecule has 1 aliphatic rings. The van der Waals surface area contributed by atoms with Gasteiger partial charge in [0.1, 0.15) is 0 Å². The fourth-order valence-electron chi connectivity index (χ4n) is 4.57. The first-order chi connectivity index (χ1) is 19.4. The normalized spacial score (nSPS) is 14.9. The predicted octanol–water partition coefficient (Wildman–Crippen LogP) is 5.21. The van der Waals surface area contributed by atoms with Gasteiger partial charge in [-0.3, -0.25) is 9.36 Å². The first-order valence-corrected chi connectivity index (χ1v) is 14.6. The molecule has 4 aromatic rings. The molecule has 0 N–H and O–H groups in total. The summed E-state index contributed by atoms with van der Waals surface area (Å²) in [6, 6.07) is 19.5. The second-order valence-corrected chi connectivity index (χ2v) is 11.3. The van der Waals surface area contributed by atoms with Crippen molar-refractivity contribution < 1.29 is 19.0 Å². The Morgan fingerprint density at radius 2 is 1.82 bits per heavy atom. The molecular formula is C30H24ClIN2O5S. The Balaban J connectivity index is 1.81. The number of aromatic nitrogens is 1. The van der Waals surface area contributed by atoms with Gasteiger partial charge in [0.05, 0.1) is 46.2 Å². The molecule has 40 heavy (non-hydrogen) atoms. The molecule has 0 bridgehead atoms. The maximum atomic E-state index is 14.0. The van der Waals surface area contributed by atoms with Crippen molar-refractivity contribution in [3.63, 3.8) is 0 Å². The van der Waals surface area contributed by atoms with Crippen LogP contribution < -0.4 is 24.4 Å². The average molecular weight is 687 g/mol. The lowest BCUT2D eigenvalue weighted by atomic mass is 9.93. The van der Waals surface area contributed by atoms with Crippen molar-refractivity contribution in [2.24, 2.45) is 4.99 Å². The second kappa shape index (κ2) is 12.0. The van der Waals surface area contributed by atoms with Crippen LogP contribution in [0, 0.1) is 3.57 Å². The molecule has 204 valence electrons. The van der Waals surface area contributed by atoms with Gasteiger partial charge >= 0.3 is 5.97 Å². The lowest BCUT2D eigenvalue weighted by Crippen LogP contribution is -2.40. The summed E-state index contributed by atoms with van der Waals surface area (Å²) in [5.74, 6) is 0.647. The fraction of sp³-hybridized carbons (Fsp3) is 0.167. The van der Waals surface area contributed by atoms with Gasteiger partial charge in [-0.1, -0.05) is 65.4 Å². The quantitative estimate of drug-likeness (QED) is 0.197. The molecule has 10 heteroatoms. The van der Waals surface area contributed by atoms with E-state index in [1.54, 1.807) is 43.9 Å². The van der Waals surface area contributed by atoms with Crippen LogP contribution in [0.4, 0.5) is 0 Å². The van der Waals surface area contributed by atoms with Crippen molar-refractivity contribution in [3.05, 3.63) is 117 Å². The van der Waals surface area contributed by atoms with Crippen LogP contribution in [-0.4, -0.2) is 31.4 Å². The maximum Gasteiger partial charge on any atom is 0.338 e. The van der Waals surface area contributed by atoms with Crippen molar-refractivity contribution in [2.45, 2.75) is 13.0 Å². The molecule has 1 atom stereocenters. The minimum absolute atomic E-state index is 0.181. The van der Waals surface area contributed by atoms with E-state index in [-0.39, 0.29) is 17.7 Å². The average Bonchev–Trinajstić information content (AvgIpc) is 3.27. The summed E-state index contributed by atoms with van der Waals surface area (Å²) in [7, 11) is 3.15. The van der Waals surface area contributed by atoms with E-state index in [0.29, 0.717) is 37.1 Å². The van der Waals surface area contributed by atoms with Crippen LogP contribution in [0.3, 0.4) is 0 Å². The number of fused-ring (bicyclic) bond motifs is 1. The first kappa shape index (κ1) is 28.1. The van der Waals surface area contributed by atoms with E-state index < -0.39 is 12.0 Å². The summed E-state index contributed by atoms with van der Waals surface area (Å²) in [6.45, 7) is 1.93. The number of carbonyl (C=O) groups is 1. The number of methoxy groups -OCH3 is 2. The minimum Gasteiger partial charge on any atom is -0.493 e. The molecule has 0 saturated heterocycles. The summed E-state index contributed by atoms with van der Waals surface area (Å²) < 4.78 is 19.3. The monoisotopic (exact) mass is 686 g/mol. The Morgan fingerprint density at radius 1 is 1.10 bits per heavy atom. The van der Waals surface area contributed by atoms with E-state index >= 15 is 0 Å². The molecule has 0 amide bonds. The largest absolute Gasteiger partial charge is 0.493 e. The minimum atomic E-state index is -0.768. The summed E-state index contributed by atoms with van der Waals surface area (Å²) in [6.07, 6.45) is 1.79. The van der Waals surface area contributed by atoms with Gasteiger partial charge in [0.15, 0.2) is 16.3 Å². The number of benzene rings is 3. The van der Waals surface area contributed by atoms with Crippen molar-refractivity contribution in [1.82, 2.24) is 4.57 Å². The third-order valence-electron chi connectivity index (χ3n) is 6.31. The van der Waals surface area contributed by atoms with E-state index in [1.165, 1.54) is 11.3 Å². The summed E-state index contributed by atoms with van der Waals surface area (Å²) in [4.78, 5) is 32.9. The molecule has 0 aliphatic carbocycles. The molecule has 7 nitrogen and oxygen atoms in total. The van der Waals surface area contributed by atoms with Crippen LogP contribution in [0.25, 0.3) is 11.8 Å². The zero-order chi connectivity index (χ0) is 28.4. The van der Waals surface area contributed by atoms with Gasteiger partial charge < -0.3 is 14.2 Å². The van der Waals surface area contributed by atoms with Gasteiger partial charge in [-0.15, -0.1) is 0 Å². The molecule has 0 radical (unpaired) electrons. The molecule has 2 heterocycles. The number of hydrogen-bond donors (Lipinski definition) is 0. The third-order valence-corrected chi connectivity index (χ3v) is 8.35. The van der Waals surface area contributed by atoms with Crippen molar-refractivity contribution >= 4 is 63.3 Å². The smallest absolute Gasteiger partial charge is 0.338 e. The van der Waals surface area contributed by atoms with Gasteiger partial charge in [0, 0.05) is 10.6 Å². The lowest BCUT2D eigenvalue weighted by molar-refractivity contribution is -0.138.